The molecule has 0 saturated carbocycles. The minimum atomic E-state index is -0.478. The lowest BCUT2D eigenvalue weighted by Gasteiger charge is -2.28. The maximum absolute atomic E-state index is 10.8. The molecule has 0 bridgehead atoms. The number of nitrogens with one attached hydrogen (secondary N) is 1. The molecular formula is C20H34N2O2. The third-order valence-corrected chi connectivity index (χ3v) is 4.62. The number of piperazine rings is 1. The number of rotatable bonds is 7. The average molecular weight is 335 g/mol. The van der Waals surface area contributed by atoms with Crippen LogP contribution in [-0.4, -0.2) is 49.3 Å². The molecule has 1 aliphatic heterocycles. The maximum Gasteiger partial charge on any atom is 0.125 e. The Kier molecular flexibility index (Phi) is 7.08. The Balaban J connectivity index is 2.10. The second-order valence-electron chi connectivity index (χ2n) is 7.75. The number of hydrogen-bond donors (Lipinski definition) is 2. The van der Waals surface area contributed by atoms with E-state index < -0.39 is 6.10 Å². The van der Waals surface area contributed by atoms with Gasteiger partial charge >= 0.3 is 0 Å². The molecule has 0 amide bonds. The summed E-state index contributed by atoms with van der Waals surface area (Å²) in [5.74, 6) is 0.831. The second-order valence-corrected chi connectivity index (χ2v) is 7.75. The predicted octanol–water partition coefficient (Wildman–Crippen LogP) is 3.10. The van der Waals surface area contributed by atoms with Gasteiger partial charge in [0.05, 0.1) is 12.7 Å². The Morgan fingerprint density at radius 3 is 2.58 bits per heavy atom. The first kappa shape index (κ1) is 19.2. The lowest BCUT2D eigenvalue weighted by atomic mass is 9.85. The normalized spacial score (nSPS) is 17.7. The molecule has 0 aliphatic carbocycles. The summed E-state index contributed by atoms with van der Waals surface area (Å²) in [6.07, 6.45) is 1.24. The minimum absolute atomic E-state index is 0.0658. The van der Waals surface area contributed by atoms with Crippen LogP contribution in [0.25, 0.3) is 0 Å². The van der Waals surface area contributed by atoms with E-state index in [1.165, 1.54) is 5.56 Å². The molecular weight excluding hydrogens is 300 g/mol. The molecule has 1 atom stereocenters. The number of benzene rings is 1. The summed E-state index contributed by atoms with van der Waals surface area (Å²) in [5, 5.41) is 14.2. The maximum atomic E-state index is 10.8. The van der Waals surface area contributed by atoms with Crippen molar-refractivity contribution in [2.24, 2.45) is 0 Å². The second kappa shape index (κ2) is 8.84. The number of ether oxygens (including phenoxy) is 1. The minimum Gasteiger partial charge on any atom is -0.493 e. The van der Waals surface area contributed by atoms with Gasteiger partial charge in [0.1, 0.15) is 5.75 Å². The Morgan fingerprint density at radius 2 is 1.96 bits per heavy atom. The van der Waals surface area contributed by atoms with Crippen LogP contribution in [-0.2, 0) is 5.41 Å². The summed E-state index contributed by atoms with van der Waals surface area (Å²) in [6, 6.07) is 6.28. The highest BCUT2D eigenvalue weighted by Crippen LogP contribution is 2.33. The molecule has 2 rings (SSSR count). The van der Waals surface area contributed by atoms with Crippen LogP contribution < -0.4 is 10.1 Å². The van der Waals surface area contributed by atoms with Crippen molar-refractivity contribution in [3.05, 3.63) is 29.3 Å². The van der Waals surface area contributed by atoms with Gasteiger partial charge in [0.15, 0.2) is 0 Å². The van der Waals surface area contributed by atoms with Gasteiger partial charge in [0.25, 0.3) is 0 Å². The Morgan fingerprint density at radius 1 is 1.25 bits per heavy atom. The molecule has 1 saturated heterocycles. The fourth-order valence-corrected chi connectivity index (χ4v) is 3.01. The topological polar surface area (TPSA) is 44.7 Å². The first-order chi connectivity index (χ1) is 11.4. The average Bonchev–Trinajstić information content (AvgIpc) is 2.57. The SMILES string of the molecule is CCCOc1ccc(C(C)(C)C)cc1C(O)CCN1CCNCC1. The summed E-state index contributed by atoms with van der Waals surface area (Å²) >= 11 is 0. The third-order valence-electron chi connectivity index (χ3n) is 4.62. The smallest absolute Gasteiger partial charge is 0.125 e. The summed E-state index contributed by atoms with van der Waals surface area (Å²) in [4.78, 5) is 2.42. The van der Waals surface area contributed by atoms with Crippen LogP contribution in [0.15, 0.2) is 18.2 Å². The lowest BCUT2D eigenvalue weighted by Crippen LogP contribution is -2.44. The summed E-state index contributed by atoms with van der Waals surface area (Å²) < 4.78 is 5.88. The van der Waals surface area contributed by atoms with Crippen LogP contribution in [0.3, 0.4) is 0 Å². The third kappa shape index (κ3) is 5.47. The molecule has 4 nitrogen and oxygen atoms in total. The van der Waals surface area contributed by atoms with E-state index in [0.717, 1.165) is 56.9 Å². The van der Waals surface area contributed by atoms with E-state index in [-0.39, 0.29) is 5.41 Å². The summed E-state index contributed by atoms with van der Waals surface area (Å²) in [6.45, 7) is 14.5. The zero-order valence-electron chi connectivity index (χ0n) is 15.8. The highest BCUT2D eigenvalue weighted by atomic mass is 16.5. The van der Waals surface area contributed by atoms with E-state index in [1.54, 1.807) is 0 Å². The van der Waals surface area contributed by atoms with Crippen molar-refractivity contribution in [3.8, 4) is 5.75 Å². The van der Waals surface area contributed by atoms with E-state index in [2.05, 4.69) is 50.0 Å². The molecule has 0 radical (unpaired) electrons. The van der Waals surface area contributed by atoms with Crippen LogP contribution in [0.4, 0.5) is 0 Å². The number of aliphatic hydroxyl groups is 1. The summed E-state index contributed by atoms with van der Waals surface area (Å²) in [5.41, 5.74) is 2.24. The monoisotopic (exact) mass is 334 g/mol. The number of aliphatic hydroxyl groups excluding tert-OH is 1. The lowest BCUT2D eigenvalue weighted by molar-refractivity contribution is 0.132. The quantitative estimate of drug-likeness (QED) is 0.804. The molecule has 136 valence electrons. The van der Waals surface area contributed by atoms with Crippen LogP contribution in [0.2, 0.25) is 0 Å². The molecule has 1 aromatic carbocycles. The molecule has 2 N–H and O–H groups in total. The first-order valence-corrected chi connectivity index (χ1v) is 9.30. The van der Waals surface area contributed by atoms with Gasteiger partial charge in [0, 0.05) is 38.3 Å². The Labute approximate surface area is 147 Å². The van der Waals surface area contributed by atoms with E-state index in [9.17, 15) is 5.11 Å². The molecule has 1 fully saturated rings. The van der Waals surface area contributed by atoms with E-state index in [0.29, 0.717) is 6.61 Å². The molecule has 0 spiro atoms. The van der Waals surface area contributed by atoms with Crippen molar-refractivity contribution in [1.82, 2.24) is 10.2 Å². The van der Waals surface area contributed by atoms with Crippen molar-refractivity contribution < 1.29 is 9.84 Å². The van der Waals surface area contributed by atoms with Crippen molar-refractivity contribution >= 4 is 0 Å². The molecule has 1 unspecified atom stereocenters. The zero-order valence-corrected chi connectivity index (χ0v) is 15.8. The van der Waals surface area contributed by atoms with E-state index >= 15 is 0 Å². The van der Waals surface area contributed by atoms with Gasteiger partial charge in [-0.2, -0.15) is 0 Å². The summed E-state index contributed by atoms with van der Waals surface area (Å²) in [7, 11) is 0. The number of nitrogens with zero attached hydrogens (tertiary/aromatic N) is 1. The molecule has 1 aromatic rings. The molecule has 0 aromatic heterocycles. The van der Waals surface area contributed by atoms with E-state index in [4.69, 9.17) is 4.74 Å². The van der Waals surface area contributed by atoms with Gasteiger partial charge in [-0.3, -0.25) is 0 Å². The van der Waals surface area contributed by atoms with Crippen LogP contribution in [0, 0.1) is 0 Å². The Hall–Kier alpha value is -1.10. The van der Waals surface area contributed by atoms with Crippen molar-refractivity contribution in [1.29, 1.82) is 0 Å². The highest BCUT2D eigenvalue weighted by Gasteiger charge is 2.21. The van der Waals surface area contributed by atoms with Gasteiger partial charge < -0.3 is 20.1 Å². The largest absolute Gasteiger partial charge is 0.493 e. The van der Waals surface area contributed by atoms with Crippen molar-refractivity contribution in [2.75, 3.05) is 39.3 Å². The fourth-order valence-electron chi connectivity index (χ4n) is 3.01. The van der Waals surface area contributed by atoms with Gasteiger partial charge in [-0.15, -0.1) is 0 Å². The zero-order chi connectivity index (χ0) is 17.6. The molecule has 1 heterocycles. The van der Waals surface area contributed by atoms with Crippen LogP contribution in [0.1, 0.15) is 57.8 Å². The Bertz CT molecular complexity index is 505. The van der Waals surface area contributed by atoms with Crippen molar-refractivity contribution in [3.63, 3.8) is 0 Å². The van der Waals surface area contributed by atoms with Gasteiger partial charge in [-0.05, 0) is 36.0 Å². The standard InChI is InChI=1S/C20H34N2O2/c1-5-14-24-19-7-6-16(20(2,3)4)15-17(19)18(23)8-11-22-12-9-21-10-13-22/h6-7,15,18,21,23H,5,8-14H2,1-4H3. The van der Waals surface area contributed by atoms with Gasteiger partial charge in [-0.25, -0.2) is 0 Å². The predicted molar refractivity (Wildman–Crippen MR) is 99.8 cm³/mol. The van der Waals surface area contributed by atoms with Crippen LogP contribution >= 0.6 is 0 Å². The van der Waals surface area contributed by atoms with Crippen LogP contribution in [0.5, 0.6) is 5.75 Å². The van der Waals surface area contributed by atoms with E-state index in [1.807, 2.05) is 6.07 Å². The van der Waals surface area contributed by atoms with Gasteiger partial charge in [0.2, 0.25) is 0 Å². The first-order valence-electron chi connectivity index (χ1n) is 9.30. The fraction of sp³-hybridized carbons (Fsp3) is 0.700. The highest BCUT2D eigenvalue weighted by molar-refractivity contribution is 5.41. The number of hydrogen-bond acceptors (Lipinski definition) is 4. The molecule has 24 heavy (non-hydrogen) atoms. The molecule has 1 aliphatic rings. The van der Waals surface area contributed by atoms with Crippen molar-refractivity contribution in [2.45, 2.75) is 52.1 Å². The molecule has 4 heteroatoms. The van der Waals surface area contributed by atoms with Gasteiger partial charge in [-0.1, -0.05) is 33.8 Å².